The second-order valence-electron chi connectivity index (χ2n) is 11.0. The number of morpholine rings is 1. The predicted molar refractivity (Wildman–Crippen MR) is 142 cm³/mol. The van der Waals surface area contributed by atoms with Crippen LogP contribution < -0.4 is 5.32 Å². The van der Waals surface area contributed by atoms with Crippen molar-refractivity contribution in [3.63, 3.8) is 0 Å². The van der Waals surface area contributed by atoms with Crippen LogP contribution in [-0.2, 0) is 33.7 Å². The summed E-state index contributed by atoms with van der Waals surface area (Å²) in [4.78, 5) is 32.7. The molecule has 0 saturated carbocycles. The number of aromatic nitrogens is 1. The Bertz CT molecular complexity index is 1070. The SMILES string of the molecule is Cc1ccc(-c2c(CC(=O)N3CCOCC3)c(C)nc(CC(C)C)c2CNC(=O)OC(C)(C)C)cc1. The summed E-state index contributed by atoms with van der Waals surface area (Å²) in [5.74, 6) is 0.447. The number of alkyl carbamates (subject to hydrolysis) is 1. The number of nitrogens with zero attached hydrogens (tertiary/aromatic N) is 2. The molecule has 2 amide bonds. The van der Waals surface area contributed by atoms with E-state index in [0.29, 0.717) is 32.2 Å². The number of carbonyl (C=O) groups is 2. The molecule has 0 aliphatic carbocycles. The molecule has 1 fully saturated rings. The third-order valence-electron chi connectivity index (χ3n) is 6.13. The summed E-state index contributed by atoms with van der Waals surface area (Å²) in [6.07, 6.45) is 0.547. The van der Waals surface area contributed by atoms with Crippen molar-refractivity contribution in [2.75, 3.05) is 26.3 Å². The molecule has 0 bridgehead atoms. The molecule has 0 radical (unpaired) electrons. The van der Waals surface area contributed by atoms with Gasteiger partial charge in [-0.15, -0.1) is 0 Å². The monoisotopic (exact) mass is 495 g/mol. The van der Waals surface area contributed by atoms with Gasteiger partial charge < -0.3 is 19.7 Å². The summed E-state index contributed by atoms with van der Waals surface area (Å²) in [5.41, 5.74) is 6.20. The van der Waals surface area contributed by atoms with Crippen LogP contribution >= 0.6 is 0 Å². The van der Waals surface area contributed by atoms with Gasteiger partial charge in [-0.1, -0.05) is 43.7 Å². The molecule has 1 aromatic heterocycles. The van der Waals surface area contributed by atoms with Gasteiger partial charge in [0.15, 0.2) is 0 Å². The first kappa shape index (κ1) is 27.7. The van der Waals surface area contributed by atoms with E-state index in [1.54, 1.807) is 0 Å². The Morgan fingerprint density at radius 3 is 2.31 bits per heavy atom. The molecule has 1 saturated heterocycles. The first-order chi connectivity index (χ1) is 16.9. The number of hydrogen-bond donors (Lipinski definition) is 1. The minimum atomic E-state index is -0.591. The van der Waals surface area contributed by atoms with E-state index in [-0.39, 0.29) is 18.9 Å². The lowest BCUT2D eigenvalue weighted by atomic mass is 9.88. The van der Waals surface area contributed by atoms with Crippen LogP contribution in [0.25, 0.3) is 11.1 Å². The van der Waals surface area contributed by atoms with Crippen molar-refractivity contribution in [3.05, 3.63) is 52.3 Å². The van der Waals surface area contributed by atoms with Crippen LogP contribution in [0.1, 0.15) is 62.7 Å². The Morgan fingerprint density at radius 1 is 1.08 bits per heavy atom. The Labute approximate surface area is 215 Å². The number of rotatable bonds is 7. The van der Waals surface area contributed by atoms with E-state index in [9.17, 15) is 9.59 Å². The lowest BCUT2D eigenvalue weighted by Gasteiger charge is -2.28. The summed E-state index contributed by atoms with van der Waals surface area (Å²) in [7, 11) is 0. The first-order valence-electron chi connectivity index (χ1n) is 12.8. The van der Waals surface area contributed by atoms with Crippen LogP contribution in [0.15, 0.2) is 24.3 Å². The summed E-state index contributed by atoms with van der Waals surface area (Å²) in [6, 6.07) is 8.32. The average molecular weight is 496 g/mol. The molecule has 1 aromatic carbocycles. The number of benzene rings is 1. The normalized spacial score (nSPS) is 14.2. The summed E-state index contributed by atoms with van der Waals surface area (Å²) < 4.78 is 10.9. The smallest absolute Gasteiger partial charge is 0.407 e. The highest BCUT2D eigenvalue weighted by atomic mass is 16.6. The van der Waals surface area contributed by atoms with E-state index in [2.05, 4.69) is 50.4 Å². The van der Waals surface area contributed by atoms with Gasteiger partial charge in [0.2, 0.25) is 5.91 Å². The zero-order chi connectivity index (χ0) is 26.5. The van der Waals surface area contributed by atoms with E-state index < -0.39 is 11.7 Å². The topological polar surface area (TPSA) is 80.8 Å². The highest BCUT2D eigenvalue weighted by molar-refractivity contribution is 5.84. The standard InChI is InChI=1S/C29H41N3O4/c1-19(2)16-25-24(18-30-28(34)36-29(5,6)7)27(22-10-8-20(3)9-11-22)23(21(4)31-25)17-26(33)32-12-14-35-15-13-32/h8-11,19H,12-18H2,1-7H3,(H,30,34). The van der Waals surface area contributed by atoms with Crippen LogP contribution in [0.5, 0.6) is 0 Å². The number of ether oxygens (including phenoxy) is 2. The fourth-order valence-corrected chi connectivity index (χ4v) is 4.43. The maximum absolute atomic E-state index is 13.3. The van der Waals surface area contributed by atoms with Crippen molar-refractivity contribution in [1.29, 1.82) is 0 Å². The lowest BCUT2D eigenvalue weighted by Crippen LogP contribution is -2.41. The molecule has 0 atom stereocenters. The largest absolute Gasteiger partial charge is 0.444 e. The molecule has 7 heteroatoms. The quantitative estimate of drug-likeness (QED) is 0.585. The van der Waals surface area contributed by atoms with Gasteiger partial charge in [0.1, 0.15) is 5.60 Å². The maximum atomic E-state index is 13.3. The highest BCUT2D eigenvalue weighted by Crippen LogP contribution is 2.33. The summed E-state index contributed by atoms with van der Waals surface area (Å²) >= 11 is 0. The van der Waals surface area contributed by atoms with Gasteiger partial charge in [-0.2, -0.15) is 0 Å². The van der Waals surface area contributed by atoms with E-state index in [4.69, 9.17) is 14.5 Å². The number of hydrogen-bond acceptors (Lipinski definition) is 5. The molecular formula is C29H41N3O4. The van der Waals surface area contributed by atoms with Gasteiger partial charge in [-0.3, -0.25) is 9.78 Å². The van der Waals surface area contributed by atoms with Crippen molar-refractivity contribution in [2.45, 2.75) is 73.5 Å². The van der Waals surface area contributed by atoms with Crippen molar-refractivity contribution >= 4 is 12.0 Å². The summed E-state index contributed by atoms with van der Waals surface area (Å²) in [5, 5.41) is 2.94. The average Bonchev–Trinajstić information content (AvgIpc) is 2.79. The van der Waals surface area contributed by atoms with Gasteiger partial charge >= 0.3 is 6.09 Å². The van der Waals surface area contributed by atoms with Gasteiger partial charge in [-0.25, -0.2) is 4.79 Å². The second-order valence-corrected chi connectivity index (χ2v) is 11.0. The molecule has 1 aliphatic rings. The van der Waals surface area contributed by atoms with Crippen molar-refractivity contribution < 1.29 is 19.1 Å². The minimum absolute atomic E-state index is 0.0687. The molecule has 0 unspecified atom stereocenters. The van der Waals surface area contributed by atoms with Crippen LogP contribution in [0.4, 0.5) is 4.79 Å². The van der Waals surface area contributed by atoms with E-state index >= 15 is 0 Å². The molecule has 2 heterocycles. The number of aryl methyl sites for hydroxylation is 2. The van der Waals surface area contributed by atoms with Crippen LogP contribution in [0.3, 0.4) is 0 Å². The van der Waals surface area contributed by atoms with E-state index in [1.807, 2.05) is 32.6 Å². The fourth-order valence-electron chi connectivity index (χ4n) is 4.43. The van der Waals surface area contributed by atoms with Gasteiger partial charge in [0, 0.05) is 36.6 Å². The first-order valence-corrected chi connectivity index (χ1v) is 12.8. The van der Waals surface area contributed by atoms with Crippen molar-refractivity contribution in [1.82, 2.24) is 15.2 Å². The van der Waals surface area contributed by atoms with Gasteiger partial charge in [0.25, 0.3) is 0 Å². The number of amides is 2. The number of nitrogens with one attached hydrogen (secondary N) is 1. The van der Waals surface area contributed by atoms with Crippen LogP contribution in [0.2, 0.25) is 0 Å². The lowest BCUT2D eigenvalue weighted by molar-refractivity contribution is -0.134. The minimum Gasteiger partial charge on any atom is -0.444 e. The van der Waals surface area contributed by atoms with Crippen molar-refractivity contribution in [3.8, 4) is 11.1 Å². The van der Waals surface area contributed by atoms with Crippen molar-refractivity contribution in [2.24, 2.45) is 5.92 Å². The van der Waals surface area contributed by atoms with Crippen LogP contribution in [0, 0.1) is 19.8 Å². The molecule has 3 rings (SSSR count). The second kappa shape index (κ2) is 11.9. The number of carbonyl (C=O) groups excluding carboxylic acids is 2. The molecular weight excluding hydrogens is 454 g/mol. The third kappa shape index (κ3) is 7.53. The molecule has 1 aliphatic heterocycles. The zero-order valence-electron chi connectivity index (χ0n) is 22.9. The predicted octanol–water partition coefficient (Wildman–Crippen LogP) is 4.99. The summed E-state index contributed by atoms with van der Waals surface area (Å²) in [6.45, 7) is 16.5. The third-order valence-corrected chi connectivity index (χ3v) is 6.13. The highest BCUT2D eigenvalue weighted by Gasteiger charge is 2.25. The molecule has 7 nitrogen and oxygen atoms in total. The molecule has 0 spiro atoms. The fraction of sp³-hybridized carbons (Fsp3) is 0.552. The van der Waals surface area contributed by atoms with Crippen LogP contribution in [-0.4, -0.2) is 53.8 Å². The van der Waals surface area contributed by atoms with E-state index in [0.717, 1.165) is 45.6 Å². The Morgan fingerprint density at radius 2 is 1.72 bits per heavy atom. The molecule has 2 aromatic rings. The Hall–Kier alpha value is -2.93. The maximum Gasteiger partial charge on any atom is 0.407 e. The molecule has 196 valence electrons. The zero-order valence-corrected chi connectivity index (χ0v) is 22.9. The Kier molecular flexibility index (Phi) is 9.12. The van der Waals surface area contributed by atoms with Gasteiger partial charge in [-0.05, 0) is 63.6 Å². The van der Waals surface area contributed by atoms with Gasteiger partial charge in [0.05, 0.1) is 19.6 Å². The van der Waals surface area contributed by atoms with E-state index in [1.165, 1.54) is 0 Å². The molecule has 1 N–H and O–H groups in total. The molecule has 36 heavy (non-hydrogen) atoms. The Balaban J connectivity index is 2.10. The number of pyridine rings is 1.